The van der Waals surface area contributed by atoms with E-state index >= 15 is 0 Å². The van der Waals surface area contributed by atoms with Gasteiger partial charge < -0.3 is 5.11 Å². The van der Waals surface area contributed by atoms with E-state index in [1.54, 1.807) is 12.3 Å². The van der Waals surface area contributed by atoms with Crippen LogP contribution in [-0.4, -0.2) is 33.5 Å². The Bertz CT molecular complexity index is 496. The molecule has 1 unspecified atom stereocenters. The van der Waals surface area contributed by atoms with Crippen LogP contribution in [0.2, 0.25) is 0 Å². The molecule has 0 aromatic carbocycles. The largest absolute Gasteiger partial charge is 0.480 e. The zero-order valence-corrected chi connectivity index (χ0v) is 10.7. The van der Waals surface area contributed by atoms with Crippen molar-refractivity contribution in [1.29, 1.82) is 5.26 Å². The average molecular weight is 259 g/mol. The van der Waals surface area contributed by atoms with Crippen LogP contribution in [-0.2, 0) is 11.3 Å². The fraction of sp³-hybridized carbons (Fsp3) is 0.500. The van der Waals surface area contributed by atoms with E-state index < -0.39 is 12.0 Å². The molecule has 1 saturated heterocycles. The number of nitrogens with zero attached hydrogens (tertiary/aromatic N) is 3. The Morgan fingerprint density at radius 1 is 1.53 bits per heavy atom. The lowest BCUT2D eigenvalue weighted by Gasteiger charge is -2.26. The molecule has 1 N–H and O–H groups in total. The first-order valence-corrected chi connectivity index (χ1v) is 6.52. The van der Waals surface area contributed by atoms with Gasteiger partial charge in [-0.05, 0) is 37.1 Å². The second kappa shape index (κ2) is 6.30. The Balaban J connectivity index is 2.14. The Kier molecular flexibility index (Phi) is 4.48. The predicted octanol–water partition coefficient (Wildman–Crippen LogP) is 1.78. The molecule has 1 aliphatic heterocycles. The Hall–Kier alpha value is -1.93. The third-order valence-corrected chi connectivity index (χ3v) is 3.47. The van der Waals surface area contributed by atoms with Crippen LogP contribution in [0.5, 0.6) is 0 Å². The molecule has 1 fully saturated rings. The minimum atomic E-state index is -0.753. The lowest BCUT2D eigenvalue weighted by atomic mass is 10.1. The molecule has 19 heavy (non-hydrogen) atoms. The van der Waals surface area contributed by atoms with E-state index in [0.717, 1.165) is 31.4 Å². The Morgan fingerprint density at radius 2 is 2.37 bits per heavy atom. The van der Waals surface area contributed by atoms with Gasteiger partial charge in [-0.1, -0.05) is 12.8 Å². The molecule has 0 saturated carbocycles. The van der Waals surface area contributed by atoms with Crippen LogP contribution < -0.4 is 0 Å². The molecule has 0 amide bonds. The SMILES string of the molecule is N#Cc1cc(CN2CCCCCC2C(=O)O)ccn1. The van der Waals surface area contributed by atoms with E-state index in [1.165, 1.54) is 0 Å². The van der Waals surface area contributed by atoms with Crippen LogP contribution in [0.3, 0.4) is 0 Å². The third kappa shape index (κ3) is 3.52. The second-order valence-corrected chi connectivity index (χ2v) is 4.83. The molecule has 0 bridgehead atoms. The highest BCUT2D eigenvalue weighted by Gasteiger charge is 2.26. The summed E-state index contributed by atoms with van der Waals surface area (Å²) in [5.74, 6) is -0.753. The molecular formula is C14H17N3O2. The second-order valence-electron chi connectivity index (χ2n) is 4.83. The monoisotopic (exact) mass is 259 g/mol. The summed E-state index contributed by atoms with van der Waals surface area (Å²) in [4.78, 5) is 17.2. The zero-order chi connectivity index (χ0) is 13.7. The number of nitriles is 1. The first-order valence-electron chi connectivity index (χ1n) is 6.52. The van der Waals surface area contributed by atoms with Gasteiger partial charge in [-0.25, -0.2) is 4.98 Å². The Morgan fingerprint density at radius 3 is 3.11 bits per heavy atom. The minimum Gasteiger partial charge on any atom is -0.480 e. The summed E-state index contributed by atoms with van der Waals surface area (Å²) in [5, 5.41) is 18.1. The Labute approximate surface area is 112 Å². The fourth-order valence-corrected chi connectivity index (χ4v) is 2.50. The lowest BCUT2D eigenvalue weighted by molar-refractivity contribution is -0.143. The van der Waals surface area contributed by atoms with E-state index in [-0.39, 0.29) is 0 Å². The summed E-state index contributed by atoms with van der Waals surface area (Å²) in [7, 11) is 0. The summed E-state index contributed by atoms with van der Waals surface area (Å²) in [6.07, 6.45) is 5.38. The van der Waals surface area contributed by atoms with Crippen LogP contribution in [0.15, 0.2) is 18.3 Å². The number of hydrogen-bond donors (Lipinski definition) is 1. The van der Waals surface area contributed by atoms with E-state index in [9.17, 15) is 9.90 Å². The minimum absolute atomic E-state index is 0.374. The molecule has 100 valence electrons. The van der Waals surface area contributed by atoms with E-state index in [4.69, 9.17) is 5.26 Å². The zero-order valence-electron chi connectivity index (χ0n) is 10.7. The molecule has 1 atom stereocenters. The standard InChI is InChI=1S/C14H17N3O2/c15-9-12-8-11(5-6-16-12)10-17-7-3-1-2-4-13(17)14(18)19/h5-6,8,13H,1-4,7,10H2,(H,18,19). The maximum absolute atomic E-state index is 11.3. The van der Waals surface area contributed by atoms with Crippen molar-refractivity contribution in [2.24, 2.45) is 0 Å². The first-order chi connectivity index (χ1) is 9.20. The maximum Gasteiger partial charge on any atom is 0.320 e. The van der Waals surface area contributed by atoms with Gasteiger partial charge in [-0.2, -0.15) is 5.26 Å². The molecule has 1 aromatic rings. The van der Waals surface area contributed by atoms with Gasteiger partial charge in [0.25, 0.3) is 0 Å². The van der Waals surface area contributed by atoms with Gasteiger partial charge in [0, 0.05) is 12.7 Å². The van der Waals surface area contributed by atoms with Crippen molar-refractivity contribution in [2.45, 2.75) is 38.3 Å². The van der Waals surface area contributed by atoms with Gasteiger partial charge >= 0.3 is 5.97 Å². The van der Waals surface area contributed by atoms with Gasteiger partial charge in [-0.3, -0.25) is 9.69 Å². The molecule has 5 nitrogen and oxygen atoms in total. The number of carbonyl (C=O) groups is 1. The molecule has 2 heterocycles. The van der Waals surface area contributed by atoms with Gasteiger partial charge in [-0.15, -0.1) is 0 Å². The summed E-state index contributed by atoms with van der Waals surface area (Å²) in [6.45, 7) is 1.36. The summed E-state index contributed by atoms with van der Waals surface area (Å²) in [5.41, 5.74) is 1.32. The highest BCUT2D eigenvalue weighted by Crippen LogP contribution is 2.19. The number of pyridine rings is 1. The number of aromatic nitrogens is 1. The van der Waals surface area contributed by atoms with Crippen molar-refractivity contribution in [3.8, 4) is 6.07 Å². The average Bonchev–Trinajstić information content (AvgIpc) is 2.64. The van der Waals surface area contributed by atoms with Gasteiger partial charge in [0.1, 0.15) is 17.8 Å². The van der Waals surface area contributed by atoms with Crippen molar-refractivity contribution >= 4 is 5.97 Å². The maximum atomic E-state index is 11.3. The van der Waals surface area contributed by atoms with Crippen molar-refractivity contribution in [3.05, 3.63) is 29.6 Å². The van der Waals surface area contributed by atoms with E-state index in [1.807, 2.05) is 17.0 Å². The number of aliphatic carboxylic acids is 1. The van der Waals surface area contributed by atoms with Crippen LogP contribution in [0.1, 0.15) is 36.9 Å². The predicted molar refractivity (Wildman–Crippen MR) is 69.3 cm³/mol. The molecule has 1 aromatic heterocycles. The molecule has 0 radical (unpaired) electrons. The summed E-state index contributed by atoms with van der Waals surface area (Å²) >= 11 is 0. The van der Waals surface area contributed by atoms with Gasteiger partial charge in [0.05, 0.1) is 0 Å². The number of rotatable bonds is 3. The van der Waals surface area contributed by atoms with Crippen molar-refractivity contribution < 1.29 is 9.90 Å². The quantitative estimate of drug-likeness (QED) is 0.895. The molecule has 0 spiro atoms. The molecule has 1 aliphatic rings. The first kappa shape index (κ1) is 13.5. The van der Waals surface area contributed by atoms with Crippen LogP contribution >= 0.6 is 0 Å². The number of carboxylic acid groups (broad SMARTS) is 1. The highest BCUT2D eigenvalue weighted by atomic mass is 16.4. The van der Waals surface area contributed by atoms with E-state index in [2.05, 4.69) is 4.98 Å². The van der Waals surface area contributed by atoms with Crippen LogP contribution in [0.25, 0.3) is 0 Å². The van der Waals surface area contributed by atoms with Crippen LogP contribution in [0, 0.1) is 11.3 Å². The van der Waals surface area contributed by atoms with Crippen molar-refractivity contribution in [3.63, 3.8) is 0 Å². The molecule has 0 aliphatic carbocycles. The number of carboxylic acids is 1. The summed E-state index contributed by atoms with van der Waals surface area (Å²) < 4.78 is 0. The topological polar surface area (TPSA) is 77.2 Å². The summed E-state index contributed by atoms with van der Waals surface area (Å²) in [6, 6.07) is 5.15. The lowest BCUT2D eigenvalue weighted by Crippen LogP contribution is -2.40. The third-order valence-electron chi connectivity index (χ3n) is 3.47. The van der Waals surface area contributed by atoms with Crippen LogP contribution in [0.4, 0.5) is 0 Å². The molecule has 2 rings (SSSR count). The van der Waals surface area contributed by atoms with Crippen molar-refractivity contribution in [2.75, 3.05) is 6.54 Å². The molecule has 5 heteroatoms. The normalized spacial score (nSPS) is 20.5. The molecular weight excluding hydrogens is 242 g/mol. The van der Waals surface area contributed by atoms with Crippen molar-refractivity contribution in [1.82, 2.24) is 9.88 Å². The highest BCUT2D eigenvalue weighted by molar-refractivity contribution is 5.73. The number of likely N-dealkylation sites (tertiary alicyclic amines) is 1. The van der Waals surface area contributed by atoms with Gasteiger partial charge in [0.2, 0.25) is 0 Å². The smallest absolute Gasteiger partial charge is 0.320 e. The van der Waals surface area contributed by atoms with Gasteiger partial charge in [0.15, 0.2) is 0 Å². The fourth-order valence-electron chi connectivity index (χ4n) is 2.50. The number of hydrogen-bond acceptors (Lipinski definition) is 4. The van der Waals surface area contributed by atoms with E-state index in [0.29, 0.717) is 18.7 Å².